The zero-order chi connectivity index (χ0) is 29.6. The minimum Gasteiger partial charge on any atom is -0.480 e. The van der Waals surface area contributed by atoms with Crippen LogP contribution in [0.1, 0.15) is 29.5 Å². The molecule has 2 aromatic heterocycles. The van der Waals surface area contributed by atoms with Gasteiger partial charge in [0, 0.05) is 41.8 Å². The van der Waals surface area contributed by atoms with E-state index in [1.807, 2.05) is 54.6 Å². The van der Waals surface area contributed by atoms with Crippen LogP contribution in [-0.2, 0) is 27.2 Å². The quantitative estimate of drug-likeness (QED) is 0.155. The maximum absolute atomic E-state index is 12.8. The van der Waals surface area contributed by atoms with Gasteiger partial charge in [-0.2, -0.15) is 0 Å². The Balaban J connectivity index is 1.20. The van der Waals surface area contributed by atoms with Gasteiger partial charge in [-0.3, -0.25) is 9.59 Å². The number of amides is 2. The molecule has 5 rings (SSSR count). The molecule has 5 aromatic rings. The van der Waals surface area contributed by atoms with Crippen molar-refractivity contribution >= 4 is 39.7 Å². The molecule has 9 nitrogen and oxygen atoms in total. The van der Waals surface area contributed by atoms with Gasteiger partial charge in [-0.05, 0) is 36.1 Å². The lowest BCUT2D eigenvalue weighted by Gasteiger charge is -2.15. The van der Waals surface area contributed by atoms with Gasteiger partial charge < -0.3 is 24.6 Å². The van der Waals surface area contributed by atoms with Crippen molar-refractivity contribution in [1.82, 2.24) is 10.6 Å². The van der Waals surface area contributed by atoms with Crippen LogP contribution in [0.15, 0.2) is 92.7 Å². The van der Waals surface area contributed by atoms with Crippen molar-refractivity contribution in [3.8, 4) is 11.1 Å². The van der Waals surface area contributed by atoms with Crippen LogP contribution in [0, 0.1) is 6.92 Å². The highest BCUT2D eigenvalue weighted by molar-refractivity contribution is 6.02. The predicted molar refractivity (Wildman–Crippen MR) is 158 cm³/mol. The van der Waals surface area contributed by atoms with E-state index >= 15 is 0 Å². The highest BCUT2D eigenvalue weighted by Gasteiger charge is 2.21. The molecule has 42 heavy (non-hydrogen) atoms. The Morgan fingerprint density at radius 2 is 1.62 bits per heavy atom. The number of carbonyl (C=O) groups excluding carboxylic acids is 2. The van der Waals surface area contributed by atoms with Gasteiger partial charge in [-0.1, -0.05) is 60.7 Å². The summed E-state index contributed by atoms with van der Waals surface area (Å²) >= 11 is 0. The highest BCUT2D eigenvalue weighted by atomic mass is 16.4. The van der Waals surface area contributed by atoms with E-state index < -0.39 is 23.5 Å². The molecule has 0 spiro atoms. The lowest BCUT2D eigenvalue weighted by molar-refractivity contribution is -0.141. The lowest BCUT2D eigenvalue weighted by Crippen LogP contribution is -2.42. The molecule has 0 fully saturated rings. The number of rotatable bonds is 11. The highest BCUT2D eigenvalue weighted by Crippen LogP contribution is 2.34. The third-order valence-electron chi connectivity index (χ3n) is 7.22. The monoisotopic (exact) mass is 566 g/mol. The van der Waals surface area contributed by atoms with Crippen molar-refractivity contribution in [1.29, 1.82) is 0 Å². The fraction of sp³-hybridized carbons (Fsp3) is 0.212. The number of hydrogen-bond acceptors (Lipinski definition) is 6. The summed E-state index contributed by atoms with van der Waals surface area (Å²) in [5.74, 6) is -1.92. The second kappa shape index (κ2) is 12.6. The third kappa shape index (κ3) is 6.41. The smallest absolute Gasteiger partial charge is 0.340 e. The Kier molecular flexibility index (Phi) is 8.47. The molecular formula is C33H30N2O7. The van der Waals surface area contributed by atoms with E-state index in [1.165, 1.54) is 0 Å². The van der Waals surface area contributed by atoms with Crippen LogP contribution in [0.5, 0.6) is 0 Å². The first kappa shape index (κ1) is 28.4. The minimum absolute atomic E-state index is 0.0421. The molecule has 0 aliphatic rings. The van der Waals surface area contributed by atoms with Gasteiger partial charge >= 0.3 is 11.6 Å². The molecule has 1 atom stereocenters. The lowest BCUT2D eigenvalue weighted by atomic mass is 9.99. The molecule has 0 saturated heterocycles. The van der Waals surface area contributed by atoms with Crippen molar-refractivity contribution in [2.24, 2.45) is 0 Å². The normalized spacial score (nSPS) is 11.8. The molecule has 2 amide bonds. The van der Waals surface area contributed by atoms with Crippen LogP contribution in [0.3, 0.4) is 0 Å². The molecule has 0 aliphatic carbocycles. The first-order chi connectivity index (χ1) is 20.3. The number of aryl methyl sites for hydroxylation is 1. The van der Waals surface area contributed by atoms with Crippen LogP contribution in [0.25, 0.3) is 33.1 Å². The molecule has 0 bridgehead atoms. The van der Waals surface area contributed by atoms with E-state index in [2.05, 4.69) is 10.6 Å². The maximum atomic E-state index is 12.8. The Hall–Kier alpha value is -5.18. The van der Waals surface area contributed by atoms with E-state index in [0.29, 0.717) is 28.5 Å². The molecule has 0 aliphatic heterocycles. The molecule has 0 radical (unpaired) electrons. The second-order valence-electron chi connectivity index (χ2n) is 10.1. The molecule has 3 aromatic carbocycles. The number of furan rings is 1. The number of carbonyl (C=O) groups is 3. The van der Waals surface area contributed by atoms with Crippen LogP contribution in [-0.4, -0.2) is 35.5 Å². The molecule has 214 valence electrons. The number of nitrogens with one attached hydrogen (secondary N) is 2. The van der Waals surface area contributed by atoms with Crippen LogP contribution in [0.4, 0.5) is 0 Å². The summed E-state index contributed by atoms with van der Waals surface area (Å²) in [5.41, 5.74) is 3.99. The Morgan fingerprint density at radius 1 is 0.905 bits per heavy atom. The number of hydrogen-bond donors (Lipinski definition) is 3. The SMILES string of the molecule is Cc1c(CC(=O)NCCCC(=O)N[C@@H](Cc2ccccc2)C(=O)O)c(=O)oc2cc3occ(-c4ccccc4)c3cc12. The van der Waals surface area contributed by atoms with Crippen molar-refractivity contribution in [3.63, 3.8) is 0 Å². The summed E-state index contributed by atoms with van der Waals surface area (Å²) in [6, 6.07) is 21.4. The molecule has 2 heterocycles. The van der Waals surface area contributed by atoms with E-state index in [0.717, 1.165) is 22.1 Å². The van der Waals surface area contributed by atoms with Crippen LogP contribution in [0.2, 0.25) is 0 Å². The molecular weight excluding hydrogens is 536 g/mol. The number of carboxylic acid groups (broad SMARTS) is 1. The zero-order valence-corrected chi connectivity index (χ0v) is 23.0. The topological polar surface area (TPSA) is 139 Å². The Labute approximate surface area is 241 Å². The fourth-order valence-corrected chi connectivity index (χ4v) is 4.97. The van der Waals surface area contributed by atoms with Crippen molar-refractivity contribution < 1.29 is 28.3 Å². The van der Waals surface area contributed by atoms with E-state index in [1.54, 1.807) is 31.4 Å². The summed E-state index contributed by atoms with van der Waals surface area (Å²) < 4.78 is 11.3. The fourth-order valence-electron chi connectivity index (χ4n) is 4.97. The average Bonchev–Trinajstić information content (AvgIpc) is 3.40. The van der Waals surface area contributed by atoms with Gasteiger partial charge in [0.05, 0.1) is 18.2 Å². The summed E-state index contributed by atoms with van der Waals surface area (Å²) in [6.07, 6.45) is 2.02. The van der Waals surface area contributed by atoms with Crippen molar-refractivity contribution in [2.75, 3.05) is 6.54 Å². The van der Waals surface area contributed by atoms with Gasteiger partial charge in [-0.25, -0.2) is 9.59 Å². The number of benzene rings is 3. The molecule has 3 N–H and O–H groups in total. The predicted octanol–water partition coefficient (Wildman–Crippen LogP) is 4.77. The standard InChI is InChI=1S/C33H30N2O7/c1-20-23-16-25-26(22-11-6-3-7-12-22)19-41-28(25)18-29(23)42-33(40)24(20)17-31(37)34-14-8-13-30(36)35-27(32(38)39)15-21-9-4-2-5-10-21/h2-7,9-12,16,18-19,27H,8,13-15,17H2,1H3,(H,34,37)(H,35,36)(H,38,39)/t27-/m0/s1. The largest absolute Gasteiger partial charge is 0.480 e. The van der Waals surface area contributed by atoms with Gasteiger partial charge in [0.2, 0.25) is 11.8 Å². The molecule has 0 saturated carbocycles. The van der Waals surface area contributed by atoms with Gasteiger partial charge in [0.15, 0.2) is 0 Å². The van der Waals surface area contributed by atoms with Gasteiger partial charge in [-0.15, -0.1) is 0 Å². The number of fused-ring (bicyclic) bond motifs is 2. The second-order valence-corrected chi connectivity index (χ2v) is 10.1. The summed E-state index contributed by atoms with van der Waals surface area (Å²) in [7, 11) is 0. The first-order valence-corrected chi connectivity index (χ1v) is 13.7. The maximum Gasteiger partial charge on any atom is 0.340 e. The number of aliphatic carboxylic acids is 1. The first-order valence-electron chi connectivity index (χ1n) is 13.7. The molecule has 9 heteroatoms. The van der Waals surface area contributed by atoms with Crippen LogP contribution >= 0.6 is 0 Å². The zero-order valence-electron chi connectivity index (χ0n) is 23.0. The number of carboxylic acids is 1. The molecule has 0 unspecified atom stereocenters. The summed E-state index contributed by atoms with van der Waals surface area (Å²) in [5, 5.41) is 16.3. The summed E-state index contributed by atoms with van der Waals surface area (Å²) in [6.45, 7) is 1.98. The Bertz CT molecular complexity index is 1810. The van der Waals surface area contributed by atoms with E-state index in [-0.39, 0.29) is 37.3 Å². The van der Waals surface area contributed by atoms with E-state index in [4.69, 9.17) is 8.83 Å². The van der Waals surface area contributed by atoms with Crippen molar-refractivity contribution in [3.05, 3.63) is 106 Å². The van der Waals surface area contributed by atoms with E-state index in [9.17, 15) is 24.3 Å². The summed E-state index contributed by atoms with van der Waals surface area (Å²) in [4.78, 5) is 49.4. The average molecular weight is 567 g/mol. The van der Waals surface area contributed by atoms with Crippen LogP contribution < -0.4 is 16.3 Å². The van der Waals surface area contributed by atoms with Gasteiger partial charge in [0.25, 0.3) is 0 Å². The van der Waals surface area contributed by atoms with Crippen molar-refractivity contribution in [2.45, 2.75) is 38.6 Å². The third-order valence-corrected chi connectivity index (χ3v) is 7.22. The van der Waals surface area contributed by atoms with Gasteiger partial charge in [0.1, 0.15) is 17.2 Å². The minimum atomic E-state index is -1.12. The Morgan fingerprint density at radius 3 is 2.33 bits per heavy atom.